The number of ether oxygens (including phenoxy) is 2. The molecule has 0 unspecified atom stereocenters. The molecule has 1 aromatic rings. The minimum absolute atomic E-state index is 0.676. The number of methoxy groups -OCH3 is 2. The van der Waals surface area contributed by atoms with Gasteiger partial charge in [-0.2, -0.15) is 0 Å². The third-order valence-electron chi connectivity index (χ3n) is 2.46. The molecule has 0 aliphatic carbocycles. The number of nitrogens with zero attached hydrogens (tertiary/aromatic N) is 1. The second kappa shape index (κ2) is 7.73. The van der Waals surface area contributed by atoms with Crippen molar-refractivity contribution in [2.45, 2.75) is 0 Å². The van der Waals surface area contributed by atoms with Crippen molar-refractivity contribution in [1.82, 2.24) is 0 Å². The number of hydrogen-bond acceptors (Lipinski definition) is 4. The highest BCUT2D eigenvalue weighted by Crippen LogP contribution is 2.24. The van der Waals surface area contributed by atoms with Gasteiger partial charge in [0.25, 0.3) is 0 Å². The Labute approximate surface area is 116 Å². The van der Waals surface area contributed by atoms with Gasteiger partial charge in [-0.15, -0.1) is 0 Å². The summed E-state index contributed by atoms with van der Waals surface area (Å²) in [5, 5.41) is 0. The molecule has 0 atom stereocenters. The van der Waals surface area contributed by atoms with Crippen LogP contribution in [-0.4, -0.2) is 40.5 Å². The maximum absolute atomic E-state index is 6.04. The highest BCUT2D eigenvalue weighted by Gasteiger charge is 2.09. The Morgan fingerprint density at radius 1 is 1.18 bits per heavy atom. The number of halogens is 1. The summed E-state index contributed by atoms with van der Waals surface area (Å²) < 4.78 is 11.4. The summed E-state index contributed by atoms with van der Waals surface area (Å²) in [7, 11) is 3.40. The standard InChI is InChI=1S/C12H19IN2O2/c1-16-7-5-15(6-8-17-2)12-4-3-10(13)9-11(12)14/h3-4,9H,5-8,14H2,1-2H3. The van der Waals surface area contributed by atoms with Gasteiger partial charge in [0.1, 0.15) is 0 Å². The molecule has 0 aliphatic rings. The van der Waals surface area contributed by atoms with E-state index in [0.29, 0.717) is 13.2 Å². The Balaban J connectivity index is 2.79. The first-order valence-corrected chi connectivity index (χ1v) is 6.54. The van der Waals surface area contributed by atoms with E-state index >= 15 is 0 Å². The lowest BCUT2D eigenvalue weighted by molar-refractivity contribution is 0.190. The van der Waals surface area contributed by atoms with Gasteiger partial charge < -0.3 is 20.1 Å². The largest absolute Gasteiger partial charge is 0.397 e. The average molecular weight is 350 g/mol. The Bertz CT molecular complexity index is 339. The molecule has 5 heteroatoms. The van der Waals surface area contributed by atoms with E-state index in [0.717, 1.165) is 28.0 Å². The molecule has 0 aliphatic heterocycles. The van der Waals surface area contributed by atoms with Crippen LogP contribution in [0.4, 0.5) is 11.4 Å². The second-order valence-electron chi connectivity index (χ2n) is 3.68. The van der Waals surface area contributed by atoms with Gasteiger partial charge in [-0.1, -0.05) is 0 Å². The first kappa shape index (κ1) is 14.5. The quantitative estimate of drug-likeness (QED) is 0.604. The van der Waals surface area contributed by atoms with Gasteiger partial charge in [-0.25, -0.2) is 0 Å². The molecule has 0 spiro atoms. The molecule has 2 N–H and O–H groups in total. The van der Waals surface area contributed by atoms with Crippen LogP contribution in [0.2, 0.25) is 0 Å². The van der Waals surface area contributed by atoms with Crippen LogP contribution in [0.3, 0.4) is 0 Å². The summed E-state index contributed by atoms with van der Waals surface area (Å²) in [6.07, 6.45) is 0. The summed E-state index contributed by atoms with van der Waals surface area (Å²) in [6.45, 7) is 2.97. The van der Waals surface area contributed by atoms with Crippen LogP contribution in [0.15, 0.2) is 18.2 Å². The summed E-state index contributed by atoms with van der Waals surface area (Å²) in [5.74, 6) is 0. The van der Waals surface area contributed by atoms with Crippen LogP contribution in [0, 0.1) is 3.57 Å². The van der Waals surface area contributed by atoms with Crippen molar-refractivity contribution in [1.29, 1.82) is 0 Å². The molecule has 0 aromatic heterocycles. The predicted octanol–water partition coefficient (Wildman–Crippen LogP) is 1.97. The molecule has 1 rings (SSSR count). The average Bonchev–Trinajstić information content (AvgIpc) is 2.30. The van der Waals surface area contributed by atoms with Crippen molar-refractivity contribution in [3.63, 3.8) is 0 Å². The molecule has 0 heterocycles. The maximum Gasteiger partial charge on any atom is 0.0637 e. The maximum atomic E-state index is 6.04. The fraction of sp³-hybridized carbons (Fsp3) is 0.500. The van der Waals surface area contributed by atoms with Crippen LogP contribution in [-0.2, 0) is 9.47 Å². The molecule has 17 heavy (non-hydrogen) atoms. The van der Waals surface area contributed by atoms with Crippen LogP contribution >= 0.6 is 22.6 Å². The van der Waals surface area contributed by atoms with E-state index in [1.54, 1.807) is 14.2 Å². The molecular weight excluding hydrogens is 331 g/mol. The molecule has 0 amide bonds. The number of nitrogen functional groups attached to an aromatic ring is 1. The van der Waals surface area contributed by atoms with Crippen molar-refractivity contribution >= 4 is 34.0 Å². The molecular formula is C12H19IN2O2. The number of hydrogen-bond donors (Lipinski definition) is 1. The summed E-state index contributed by atoms with van der Waals surface area (Å²) >= 11 is 2.26. The zero-order valence-corrected chi connectivity index (χ0v) is 12.4. The topological polar surface area (TPSA) is 47.7 Å². The third-order valence-corrected chi connectivity index (χ3v) is 3.13. The third kappa shape index (κ3) is 4.69. The highest BCUT2D eigenvalue weighted by molar-refractivity contribution is 14.1. The van der Waals surface area contributed by atoms with Crippen molar-refractivity contribution in [2.24, 2.45) is 0 Å². The number of rotatable bonds is 7. The van der Waals surface area contributed by atoms with E-state index < -0.39 is 0 Å². The molecule has 0 fully saturated rings. The SMILES string of the molecule is COCCN(CCOC)c1ccc(I)cc1N. The minimum atomic E-state index is 0.676. The first-order valence-electron chi connectivity index (χ1n) is 5.47. The predicted molar refractivity (Wildman–Crippen MR) is 79.5 cm³/mol. The zero-order chi connectivity index (χ0) is 12.7. The molecule has 0 saturated heterocycles. The Morgan fingerprint density at radius 2 is 1.76 bits per heavy atom. The molecule has 1 aromatic carbocycles. The summed E-state index contributed by atoms with van der Waals surface area (Å²) in [5.41, 5.74) is 7.87. The van der Waals surface area contributed by atoms with E-state index in [2.05, 4.69) is 33.6 Å². The van der Waals surface area contributed by atoms with E-state index in [-0.39, 0.29) is 0 Å². The van der Waals surface area contributed by atoms with Gasteiger partial charge in [0.2, 0.25) is 0 Å². The van der Waals surface area contributed by atoms with Crippen LogP contribution < -0.4 is 10.6 Å². The molecule has 0 bridgehead atoms. The minimum Gasteiger partial charge on any atom is -0.397 e. The van der Waals surface area contributed by atoms with Crippen molar-refractivity contribution in [2.75, 3.05) is 51.2 Å². The molecule has 0 saturated carbocycles. The van der Waals surface area contributed by atoms with Crippen molar-refractivity contribution < 1.29 is 9.47 Å². The van der Waals surface area contributed by atoms with E-state index in [4.69, 9.17) is 15.2 Å². The number of anilines is 2. The zero-order valence-electron chi connectivity index (χ0n) is 10.3. The monoisotopic (exact) mass is 350 g/mol. The van der Waals surface area contributed by atoms with E-state index in [1.807, 2.05) is 12.1 Å². The smallest absolute Gasteiger partial charge is 0.0637 e. The van der Waals surface area contributed by atoms with Gasteiger partial charge in [-0.05, 0) is 40.8 Å². The van der Waals surface area contributed by atoms with Gasteiger partial charge in [-0.3, -0.25) is 0 Å². The van der Waals surface area contributed by atoms with E-state index in [1.165, 1.54) is 0 Å². The molecule has 0 radical (unpaired) electrons. The first-order chi connectivity index (χ1) is 8.19. The summed E-state index contributed by atoms with van der Waals surface area (Å²) in [6, 6.07) is 6.07. The molecule has 96 valence electrons. The fourth-order valence-corrected chi connectivity index (χ4v) is 2.08. The van der Waals surface area contributed by atoms with Gasteiger partial charge in [0.15, 0.2) is 0 Å². The number of nitrogens with two attached hydrogens (primary N) is 1. The summed E-state index contributed by atoms with van der Waals surface area (Å²) in [4.78, 5) is 2.18. The van der Waals surface area contributed by atoms with Gasteiger partial charge in [0.05, 0.1) is 24.6 Å². The molecule has 4 nitrogen and oxygen atoms in total. The second-order valence-corrected chi connectivity index (χ2v) is 4.92. The Hall–Kier alpha value is -0.530. The van der Waals surface area contributed by atoms with Gasteiger partial charge >= 0.3 is 0 Å². The number of benzene rings is 1. The Kier molecular flexibility index (Phi) is 6.61. The van der Waals surface area contributed by atoms with E-state index in [9.17, 15) is 0 Å². The van der Waals surface area contributed by atoms with Crippen molar-refractivity contribution in [3.05, 3.63) is 21.8 Å². The fourth-order valence-electron chi connectivity index (χ4n) is 1.57. The van der Waals surface area contributed by atoms with Crippen LogP contribution in [0.1, 0.15) is 0 Å². The van der Waals surface area contributed by atoms with Crippen LogP contribution in [0.25, 0.3) is 0 Å². The lowest BCUT2D eigenvalue weighted by atomic mass is 10.2. The Morgan fingerprint density at radius 3 is 2.24 bits per heavy atom. The van der Waals surface area contributed by atoms with Crippen LogP contribution in [0.5, 0.6) is 0 Å². The highest BCUT2D eigenvalue weighted by atomic mass is 127. The van der Waals surface area contributed by atoms with Crippen molar-refractivity contribution in [3.8, 4) is 0 Å². The lowest BCUT2D eigenvalue weighted by Crippen LogP contribution is -2.31. The lowest BCUT2D eigenvalue weighted by Gasteiger charge is -2.25. The normalized spacial score (nSPS) is 10.5. The van der Waals surface area contributed by atoms with Gasteiger partial charge in [0, 0.05) is 30.9 Å².